The monoisotopic (exact) mass is 374 g/mol. The Hall–Kier alpha value is -3.15. The number of aromatic amines is 1. The number of nitrogen functional groups attached to an aromatic ring is 1. The molecule has 1 saturated carbocycles. The van der Waals surface area contributed by atoms with Crippen molar-refractivity contribution in [3.05, 3.63) is 54.0 Å². The van der Waals surface area contributed by atoms with Crippen LogP contribution in [-0.4, -0.2) is 26.7 Å². The highest BCUT2D eigenvalue weighted by molar-refractivity contribution is 6.16. The quantitative estimate of drug-likeness (QED) is 0.484. The Morgan fingerprint density at radius 1 is 1.21 bits per heavy atom. The topological polar surface area (TPSA) is 103 Å². The molecule has 0 unspecified atom stereocenters. The summed E-state index contributed by atoms with van der Waals surface area (Å²) in [5.74, 6) is 0.963. The van der Waals surface area contributed by atoms with Gasteiger partial charge in [-0.25, -0.2) is 9.97 Å². The maximum atomic E-state index is 8.79. The smallest absolute Gasteiger partial charge is 0.141 e. The van der Waals surface area contributed by atoms with Crippen LogP contribution in [0.15, 0.2) is 37.2 Å². The summed E-state index contributed by atoms with van der Waals surface area (Å²) in [5.41, 5.74) is 10.8. The van der Waals surface area contributed by atoms with Crippen molar-refractivity contribution >= 4 is 33.8 Å². The van der Waals surface area contributed by atoms with Gasteiger partial charge in [-0.05, 0) is 37.5 Å². The maximum Gasteiger partial charge on any atom is 0.141 e. The van der Waals surface area contributed by atoms with Crippen LogP contribution in [0.4, 0.5) is 11.6 Å². The molecule has 1 fully saturated rings. The van der Waals surface area contributed by atoms with E-state index in [1.54, 1.807) is 0 Å². The highest BCUT2D eigenvalue weighted by atomic mass is 15.1. The zero-order valence-electron chi connectivity index (χ0n) is 16.2. The summed E-state index contributed by atoms with van der Waals surface area (Å²) < 4.78 is 0. The summed E-state index contributed by atoms with van der Waals surface area (Å²) in [6.45, 7) is 5.99. The standard InChI is InChI=1S/C22H26N6/c1-13(2)14-8-9-15-11-18(28-17(15)10-14)20(23)19-21(24)25-12-26-22(19)27-16-6-4-3-5-7-16/h8-12,16,23,28H,1,3-7H2,2H3,(H3,24,25,26,27). The van der Waals surface area contributed by atoms with E-state index in [9.17, 15) is 0 Å². The molecular weight excluding hydrogens is 348 g/mol. The third-order valence-electron chi connectivity index (χ3n) is 5.46. The number of benzene rings is 1. The first-order chi connectivity index (χ1) is 13.5. The van der Waals surface area contributed by atoms with Crippen LogP contribution in [0.3, 0.4) is 0 Å². The summed E-state index contributed by atoms with van der Waals surface area (Å²) in [7, 11) is 0. The normalized spacial score (nSPS) is 14.9. The number of anilines is 2. The van der Waals surface area contributed by atoms with Crippen LogP contribution in [0.1, 0.15) is 55.8 Å². The molecule has 4 rings (SSSR count). The van der Waals surface area contributed by atoms with Crippen molar-refractivity contribution in [2.24, 2.45) is 0 Å². The van der Waals surface area contributed by atoms with Crippen molar-refractivity contribution in [3.8, 4) is 0 Å². The number of H-pyrrole nitrogens is 1. The molecule has 6 heteroatoms. The lowest BCUT2D eigenvalue weighted by Crippen LogP contribution is -2.25. The minimum Gasteiger partial charge on any atom is -0.383 e. The molecule has 0 aliphatic heterocycles. The molecule has 1 aliphatic rings. The van der Waals surface area contributed by atoms with Gasteiger partial charge in [0.2, 0.25) is 0 Å². The number of nitrogens with two attached hydrogens (primary N) is 1. The minimum atomic E-state index is 0.296. The van der Waals surface area contributed by atoms with Gasteiger partial charge in [0, 0.05) is 16.9 Å². The first-order valence-electron chi connectivity index (χ1n) is 9.78. The number of rotatable bonds is 5. The Morgan fingerprint density at radius 2 is 2.00 bits per heavy atom. The SMILES string of the molecule is C=C(C)c1ccc2cc(C(=N)c3c(N)ncnc3NC3CCCCC3)[nH]c2c1. The summed E-state index contributed by atoms with van der Waals surface area (Å²) in [4.78, 5) is 11.9. The Balaban J connectivity index is 1.69. The Labute approximate surface area is 164 Å². The molecule has 2 aromatic heterocycles. The number of allylic oxidation sites excluding steroid dienone is 1. The summed E-state index contributed by atoms with van der Waals surface area (Å²) >= 11 is 0. The van der Waals surface area contributed by atoms with Crippen LogP contribution in [-0.2, 0) is 0 Å². The Morgan fingerprint density at radius 3 is 2.75 bits per heavy atom. The van der Waals surface area contributed by atoms with Crippen LogP contribution < -0.4 is 11.1 Å². The average molecular weight is 374 g/mol. The molecule has 0 saturated heterocycles. The van der Waals surface area contributed by atoms with Gasteiger partial charge in [0.25, 0.3) is 0 Å². The lowest BCUT2D eigenvalue weighted by Gasteiger charge is -2.24. The van der Waals surface area contributed by atoms with E-state index in [0.717, 1.165) is 34.9 Å². The van der Waals surface area contributed by atoms with E-state index in [1.165, 1.54) is 25.6 Å². The van der Waals surface area contributed by atoms with E-state index in [2.05, 4.69) is 32.9 Å². The third kappa shape index (κ3) is 3.50. The van der Waals surface area contributed by atoms with E-state index < -0.39 is 0 Å². The van der Waals surface area contributed by atoms with Crippen molar-refractivity contribution in [1.82, 2.24) is 15.0 Å². The zero-order chi connectivity index (χ0) is 19.7. The molecule has 0 atom stereocenters. The molecule has 0 spiro atoms. The highest BCUT2D eigenvalue weighted by Crippen LogP contribution is 2.28. The molecule has 2 heterocycles. The van der Waals surface area contributed by atoms with Crippen molar-refractivity contribution in [2.75, 3.05) is 11.1 Å². The Kier molecular flexibility index (Phi) is 4.86. The molecule has 0 radical (unpaired) electrons. The van der Waals surface area contributed by atoms with Crippen molar-refractivity contribution in [2.45, 2.75) is 45.1 Å². The Bertz CT molecular complexity index is 1040. The molecule has 3 aromatic rings. The van der Waals surface area contributed by atoms with Gasteiger partial charge >= 0.3 is 0 Å². The predicted molar refractivity (Wildman–Crippen MR) is 116 cm³/mol. The average Bonchev–Trinajstić information content (AvgIpc) is 3.12. The van der Waals surface area contributed by atoms with Crippen molar-refractivity contribution in [1.29, 1.82) is 5.41 Å². The molecule has 28 heavy (non-hydrogen) atoms. The van der Waals surface area contributed by atoms with Crippen LogP contribution in [0.2, 0.25) is 0 Å². The van der Waals surface area contributed by atoms with Crippen LogP contribution in [0.5, 0.6) is 0 Å². The summed E-state index contributed by atoms with van der Waals surface area (Å²) in [6.07, 6.45) is 7.42. The fourth-order valence-electron chi connectivity index (χ4n) is 3.86. The van der Waals surface area contributed by atoms with E-state index in [-0.39, 0.29) is 0 Å². The van der Waals surface area contributed by atoms with Gasteiger partial charge in [0.15, 0.2) is 0 Å². The van der Waals surface area contributed by atoms with Gasteiger partial charge < -0.3 is 16.0 Å². The second-order valence-corrected chi connectivity index (χ2v) is 7.60. The van der Waals surface area contributed by atoms with Gasteiger partial charge in [-0.2, -0.15) is 0 Å². The van der Waals surface area contributed by atoms with Crippen molar-refractivity contribution < 1.29 is 0 Å². The lowest BCUT2D eigenvalue weighted by molar-refractivity contribution is 0.462. The minimum absolute atomic E-state index is 0.296. The molecule has 144 valence electrons. The molecule has 6 nitrogen and oxygen atoms in total. The zero-order valence-corrected chi connectivity index (χ0v) is 16.2. The largest absolute Gasteiger partial charge is 0.383 e. The fourth-order valence-corrected chi connectivity index (χ4v) is 3.86. The highest BCUT2D eigenvalue weighted by Gasteiger charge is 2.21. The third-order valence-corrected chi connectivity index (χ3v) is 5.46. The maximum absolute atomic E-state index is 8.79. The molecular formula is C22H26N6. The number of hydrogen-bond acceptors (Lipinski definition) is 5. The van der Waals surface area contributed by atoms with E-state index in [1.807, 2.05) is 25.1 Å². The van der Waals surface area contributed by atoms with E-state index >= 15 is 0 Å². The molecule has 0 amide bonds. The molecule has 1 aliphatic carbocycles. The number of nitrogens with one attached hydrogen (secondary N) is 3. The van der Waals surface area contributed by atoms with Crippen molar-refractivity contribution in [3.63, 3.8) is 0 Å². The predicted octanol–water partition coefficient (Wildman–Crippen LogP) is 4.73. The summed E-state index contributed by atoms with van der Waals surface area (Å²) in [6, 6.07) is 8.48. The van der Waals surface area contributed by atoms with Crippen LogP contribution in [0, 0.1) is 5.41 Å². The molecule has 5 N–H and O–H groups in total. The number of nitrogens with zero attached hydrogens (tertiary/aromatic N) is 2. The molecule has 0 bridgehead atoms. The lowest BCUT2D eigenvalue weighted by atomic mass is 9.95. The van der Waals surface area contributed by atoms with E-state index in [4.69, 9.17) is 11.1 Å². The first-order valence-corrected chi connectivity index (χ1v) is 9.78. The fraction of sp³-hybridized carbons (Fsp3) is 0.318. The second-order valence-electron chi connectivity index (χ2n) is 7.60. The first kappa shape index (κ1) is 18.2. The van der Waals surface area contributed by atoms with Gasteiger partial charge in [-0.3, -0.25) is 5.41 Å². The van der Waals surface area contributed by atoms with Gasteiger partial charge in [-0.15, -0.1) is 0 Å². The van der Waals surface area contributed by atoms with Gasteiger partial charge in [-0.1, -0.05) is 43.5 Å². The number of aromatic nitrogens is 3. The number of fused-ring (bicyclic) bond motifs is 1. The van der Waals surface area contributed by atoms with Crippen LogP contribution in [0.25, 0.3) is 16.5 Å². The van der Waals surface area contributed by atoms with Gasteiger partial charge in [0.05, 0.1) is 17.0 Å². The van der Waals surface area contributed by atoms with E-state index in [0.29, 0.717) is 34.6 Å². The number of hydrogen-bond donors (Lipinski definition) is 4. The molecule has 1 aromatic carbocycles. The summed E-state index contributed by atoms with van der Waals surface area (Å²) in [5, 5.41) is 13.3. The second kappa shape index (κ2) is 7.46. The van der Waals surface area contributed by atoms with Gasteiger partial charge in [0.1, 0.15) is 18.0 Å². The van der Waals surface area contributed by atoms with Crippen LogP contribution >= 0.6 is 0 Å².